The molecule has 0 aromatic heterocycles. The van der Waals surface area contributed by atoms with Crippen molar-refractivity contribution in [3.8, 4) is 0 Å². The molecule has 0 radical (unpaired) electrons. The Balaban J connectivity index is 2.12. The standard InChI is InChI=1S/C18H21N3O2/c1-20(2)12-6-8-14(16(10-12)21(3)4)17-13-7-5-11(19)9-15(13)18(22)23-17/h5-10,17H,19H2,1-4H3. The fraction of sp³-hybridized carbons (Fsp3) is 0.278. The van der Waals surface area contributed by atoms with E-state index in [9.17, 15) is 4.79 Å². The van der Waals surface area contributed by atoms with Crippen molar-refractivity contribution in [2.75, 3.05) is 43.7 Å². The van der Waals surface area contributed by atoms with Crippen LogP contribution in [0.5, 0.6) is 0 Å². The quantitative estimate of drug-likeness (QED) is 0.697. The summed E-state index contributed by atoms with van der Waals surface area (Å²) < 4.78 is 5.63. The molecular weight excluding hydrogens is 290 g/mol. The molecule has 0 amide bonds. The van der Waals surface area contributed by atoms with Gasteiger partial charge in [0, 0.05) is 56.4 Å². The first kappa shape index (κ1) is 15.2. The highest BCUT2D eigenvalue weighted by molar-refractivity contribution is 5.95. The molecule has 0 saturated heterocycles. The third-order valence-electron chi connectivity index (χ3n) is 4.10. The van der Waals surface area contributed by atoms with E-state index in [0.717, 1.165) is 22.5 Å². The average Bonchev–Trinajstić information content (AvgIpc) is 2.83. The lowest BCUT2D eigenvalue weighted by Crippen LogP contribution is -2.16. The van der Waals surface area contributed by atoms with Crippen LogP contribution in [0, 0.1) is 0 Å². The molecule has 2 aromatic carbocycles. The summed E-state index contributed by atoms with van der Waals surface area (Å²) in [5.41, 5.74) is 10.9. The number of anilines is 3. The molecular formula is C18H21N3O2. The number of hydrogen-bond donors (Lipinski definition) is 1. The van der Waals surface area contributed by atoms with E-state index in [1.807, 2.05) is 56.2 Å². The van der Waals surface area contributed by atoms with Crippen LogP contribution in [0.2, 0.25) is 0 Å². The zero-order valence-corrected chi connectivity index (χ0v) is 13.8. The average molecular weight is 311 g/mol. The summed E-state index contributed by atoms with van der Waals surface area (Å²) in [5.74, 6) is -0.321. The zero-order valence-electron chi connectivity index (χ0n) is 13.8. The van der Waals surface area contributed by atoms with Crippen LogP contribution in [0.15, 0.2) is 36.4 Å². The van der Waals surface area contributed by atoms with Crippen molar-refractivity contribution in [3.63, 3.8) is 0 Å². The molecule has 0 bridgehead atoms. The second-order valence-electron chi connectivity index (χ2n) is 6.16. The lowest BCUT2D eigenvalue weighted by atomic mass is 9.97. The summed E-state index contributed by atoms with van der Waals surface area (Å²) in [6, 6.07) is 11.5. The van der Waals surface area contributed by atoms with Gasteiger partial charge in [0.15, 0.2) is 6.10 Å². The van der Waals surface area contributed by atoms with Crippen molar-refractivity contribution in [1.82, 2.24) is 0 Å². The number of nitrogens with two attached hydrogens (primary N) is 1. The SMILES string of the molecule is CN(C)c1ccc(C2OC(=O)c3cc(N)ccc32)c(N(C)C)c1. The van der Waals surface area contributed by atoms with Crippen LogP contribution in [0.4, 0.5) is 17.1 Å². The topological polar surface area (TPSA) is 58.8 Å². The van der Waals surface area contributed by atoms with Gasteiger partial charge in [-0.05, 0) is 24.3 Å². The van der Waals surface area contributed by atoms with E-state index in [1.165, 1.54) is 0 Å². The number of benzene rings is 2. The lowest BCUT2D eigenvalue weighted by Gasteiger charge is -2.24. The van der Waals surface area contributed by atoms with Gasteiger partial charge < -0.3 is 20.3 Å². The van der Waals surface area contributed by atoms with E-state index in [-0.39, 0.29) is 5.97 Å². The molecule has 1 unspecified atom stereocenters. The van der Waals surface area contributed by atoms with Crippen LogP contribution in [0.25, 0.3) is 0 Å². The fourth-order valence-corrected chi connectivity index (χ4v) is 2.86. The summed E-state index contributed by atoms with van der Waals surface area (Å²) in [5, 5.41) is 0. The molecule has 0 spiro atoms. The fourth-order valence-electron chi connectivity index (χ4n) is 2.86. The molecule has 120 valence electrons. The first-order valence-corrected chi connectivity index (χ1v) is 7.47. The first-order valence-electron chi connectivity index (χ1n) is 7.47. The third kappa shape index (κ3) is 2.59. The number of cyclic esters (lactones) is 1. The van der Waals surface area contributed by atoms with Crippen molar-refractivity contribution >= 4 is 23.0 Å². The number of rotatable bonds is 3. The van der Waals surface area contributed by atoms with Crippen LogP contribution in [0.1, 0.15) is 27.6 Å². The summed E-state index contributed by atoms with van der Waals surface area (Å²) >= 11 is 0. The Labute approximate surface area is 136 Å². The molecule has 1 atom stereocenters. The van der Waals surface area contributed by atoms with E-state index < -0.39 is 6.10 Å². The predicted molar refractivity (Wildman–Crippen MR) is 93.2 cm³/mol. The minimum Gasteiger partial charge on any atom is -0.449 e. The Morgan fingerprint density at radius 3 is 2.30 bits per heavy atom. The van der Waals surface area contributed by atoms with E-state index in [0.29, 0.717) is 11.3 Å². The minimum atomic E-state index is -0.397. The summed E-state index contributed by atoms with van der Waals surface area (Å²) in [4.78, 5) is 16.2. The maximum absolute atomic E-state index is 12.2. The van der Waals surface area contributed by atoms with Gasteiger partial charge in [-0.15, -0.1) is 0 Å². The molecule has 1 heterocycles. The van der Waals surface area contributed by atoms with Crippen molar-refractivity contribution in [3.05, 3.63) is 53.1 Å². The maximum Gasteiger partial charge on any atom is 0.339 e. The molecule has 2 N–H and O–H groups in total. The van der Waals surface area contributed by atoms with Crippen LogP contribution in [-0.2, 0) is 4.74 Å². The number of carbonyl (C=O) groups is 1. The monoisotopic (exact) mass is 311 g/mol. The van der Waals surface area contributed by atoms with Crippen LogP contribution in [0.3, 0.4) is 0 Å². The van der Waals surface area contributed by atoms with Crippen molar-refractivity contribution in [2.24, 2.45) is 0 Å². The molecule has 2 aromatic rings. The normalized spacial score (nSPS) is 16.0. The summed E-state index contributed by atoms with van der Waals surface area (Å²) in [7, 11) is 7.97. The zero-order chi connectivity index (χ0) is 16.7. The molecule has 5 heteroatoms. The van der Waals surface area contributed by atoms with Gasteiger partial charge in [0.2, 0.25) is 0 Å². The molecule has 0 aliphatic carbocycles. The second-order valence-corrected chi connectivity index (χ2v) is 6.16. The van der Waals surface area contributed by atoms with E-state index >= 15 is 0 Å². The van der Waals surface area contributed by atoms with Crippen molar-refractivity contribution < 1.29 is 9.53 Å². The molecule has 1 aliphatic heterocycles. The molecule has 23 heavy (non-hydrogen) atoms. The third-order valence-corrected chi connectivity index (χ3v) is 4.10. The number of ether oxygens (including phenoxy) is 1. The Morgan fingerprint density at radius 2 is 1.65 bits per heavy atom. The molecule has 3 rings (SSSR count). The smallest absolute Gasteiger partial charge is 0.339 e. The Bertz CT molecular complexity index is 769. The van der Waals surface area contributed by atoms with Gasteiger partial charge in [-0.2, -0.15) is 0 Å². The number of nitrogens with zero attached hydrogens (tertiary/aromatic N) is 2. The van der Waals surface area contributed by atoms with Crippen molar-refractivity contribution in [2.45, 2.75) is 6.10 Å². The van der Waals surface area contributed by atoms with Crippen LogP contribution in [-0.4, -0.2) is 34.2 Å². The van der Waals surface area contributed by atoms with E-state index in [1.54, 1.807) is 12.1 Å². The number of hydrogen-bond acceptors (Lipinski definition) is 5. The van der Waals surface area contributed by atoms with Crippen LogP contribution >= 0.6 is 0 Å². The maximum atomic E-state index is 12.2. The highest BCUT2D eigenvalue weighted by Gasteiger charge is 2.34. The molecule has 1 aliphatic rings. The van der Waals surface area contributed by atoms with Gasteiger partial charge >= 0.3 is 5.97 Å². The van der Waals surface area contributed by atoms with Gasteiger partial charge in [-0.3, -0.25) is 0 Å². The van der Waals surface area contributed by atoms with E-state index in [4.69, 9.17) is 10.5 Å². The second kappa shape index (κ2) is 5.50. The van der Waals surface area contributed by atoms with Gasteiger partial charge in [0.05, 0.1) is 5.56 Å². The first-order chi connectivity index (χ1) is 10.9. The van der Waals surface area contributed by atoms with E-state index in [2.05, 4.69) is 6.07 Å². The number of carbonyl (C=O) groups excluding carboxylic acids is 1. The Hall–Kier alpha value is -2.69. The van der Waals surface area contributed by atoms with Gasteiger partial charge in [0.1, 0.15) is 0 Å². The van der Waals surface area contributed by atoms with Gasteiger partial charge in [-0.1, -0.05) is 12.1 Å². The number of esters is 1. The highest BCUT2D eigenvalue weighted by atomic mass is 16.5. The summed E-state index contributed by atoms with van der Waals surface area (Å²) in [6.07, 6.45) is -0.397. The lowest BCUT2D eigenvalue weighted by molar-refractivity contribution is 0.0456. The molecule has 0 fully saturated rings. The molecule has 0 saturated carbocycles. The Morgan fingerprint density at radius 1 is 0.957 bits per heavy atom. The van der Waals surface area contributed by atoms with Crippen molar-refractivity contribution in [1.29, 1.82) is 0 Å². The number of fused-ring (bicyclic) bond motifs is 1. The predicted octanol–water partition coefficient (Wildman–Crippen LogP) is 2.66. The number of nitrogen functional groups attached to an aromatic ring is 1. The molecule has 5 nitrogen and oxygen atoms in total. The van der Waals surface area contributed by atoms with Crippen LogP contribution < -0.4 is 15.5 Å². The summed E-state index contributed by atoms with van der Waals surface area (Å²) in [6.45, 7) is 0. The largest absolute Gasteiger partial charge is 0.449 e. The Kier molecular flexibility index (Phi) is 3.64. The van der Waals surface area contributed by atoms with Gasteiger partial charge in [-0.25, -0.2) is 4.79 Å². The highest BCUT2D eigenvalue weighted by Crippen LogP contribution is 2.41. The van der Waals surface area contributed by atoms with Gasteiger partial charge in [0.25, 0.3) is 0 Å². The minimum absolute atomic E-state index is 0.321.